The van der Waals surface area contributed by atoms with E-state index in [0.717, 1.165) is 30.7 Å². The number of carbonyl (C=O) groups excluding carboxylic acids is 2. The Morgan fingerprint density at radius 2 is 2.00 bits per heavy atom. The largest absolute Gasteiger partial charge is 0.462 e. The van der Waals surface area contributed by atoms with Crippen molar-refractivity contribution in [1.29, 1.82) is 0 Å². The molecule has 0 fully saturated rings. The summed E-state index contributed by atoms with van der Waals surface area (Å²) in [5.41, 5.74) is -1.06. The topological polar surface area (TPSA) is 69.2 Å². The fourth-order valence-corrected chi connectivity index (χ4v) is 1.67. The van der Waals surface area contributed by atoms with E-state index in [4.69, 9.17) is 4.74 Å². The molecular formula is C14H10F2N2O3. The zero-order valence-electron chi connectivity index (χ0n) is 11.0. The molecule has 1 aromatic heterocycles. The van der Waals surface area contributed by atoms with Gasteiger partial charge in [0.1, 0.15) is 29.2 Å². The second kappa shape index (κ2) is 6.17. The molecule has 0 spiro atoms. The van der Waals surface area contributed by atoms with E-state index in [2.05, 4.69) is 9.97 Å². The number of carbonyl (C=O) groups is 2. The highest BCUT2D eigenvalue weighted by Crippen LogP contribution is 2.16. The van der Waals surface area contributed by atoms with Gasteiger partial charge in [-0.3, -0.25) is 4.79 Å². The van der Waals surface area contributed by atoms with Gasteiger partial charge in [0.25, 0.3) is 0 Å². The third-order valence-corrected chi connectivity index (χ3v) is 2.60. The van der Waals surface area contributed by atoms with Crippen LogP contribution in [0, 0.1) is 11.6 Å². The Hall–Kier alpha value is -2.70. The maximum absolute atomic E-state index is 13.6. The van der Waals surface area contributed by atoms with Gasteiger partial charge >= 0.3 is 5.97 Å². The van der Waals surface area contributed by atoms with E-state index in [1.807, 2.05) is 0 Å². The van der Waals surface area contributed by atoms with Crippen molar-refractivity contribution in [1.82, 2.24) is 9.97 Å². The Kier molecular flexibility index (Phi) is 4.32. The number of hydrogen-bond donors (Lipinski definition) is 0. The fourth-order valence-electron chi connectivity index (χ4n) is 1.67. The van der Waals surface area contributed by atoms with Crippen LogP contribution in [0.15, 0.2) is 30.7 Å². The highest BCUT2D eigenvalue weighted by Gasteiger charge is 2.23. The quantitative estimate of drug-likeness (QED) is 0.638. The Morgan fingerprint density at radius 1 is 1.24 bits per heavy atom. The summed E-state index contributed by atoms with van der Waals surface area (Å²) in [6, 6.07) is 2.46. The smallest absolute Gasteiger partial charge is 0.342 e. The first-order valence-corrected chi connectivity index (χ1v) is 6.01. The molecule has 21 heavy (non-hydrogen) atoms. The lowest BCUT2D eigenvalue weighted by Gasteiger charge is -2.07. The van der Waals surface area contributed by atoms with Crippen LogP contribution in [0.5, 0.6) is 0 Å². The maximum atomic E-state index is 13.6. The van der Waals surface area contributed by atoms with Gasteiger partial charge in [0.15, 0.2) is 0 Å². The Bertz CT molecular complexity index is 704. The molecule has 0 unspecified atom stereocenters. The van der Waals surface area contributed by atoms with Crippen LogP contribution >= 0.6 is 0 Å². The predicted molar refractivity (Wildman–Crippen MR) is 67.8 cm³/mol. The van der Waals surface area contributed by atoms with Crippen LogP contribution in [-0.4, -0.2) is 28.3 Å². The van der Waals surface area contributed by atoms with Gasteiger partial charge in [-0.2, -0.15) is 0 Å². The normalized spacial score (nSPS) is 10.2. The van der Waals surface area contributed by atoms with Gasteiger partial charge in [-0.25, -0.2) is 23.5 Å². The Labute approximate surface area is 118 Å². The minimum Gasteiger partial charge on any atom is -0.462 e. The van der Waals surface area contributed by atoms with Crippen molar-refractivity contribution in [3.63, 3.8) is 0 Å². The van der Waals surface area contributed by atoms with Crippen molar-refractivity contribution in [2.24, 2.45) is 0 Å². The van der Waals surface area contributed by atoms with E-state index in [1.165, 1.54) is 0 Å². The molecule has 0 bridgehead atoms. The fraction of sp³-hybridized carbons (Fsp3) is 0.143. The van der Waals surface area contributed by atoms with Crippen molar-refractivity contribution in [3.05, 3.63) is 59.2 Å². The zero-order valence-corrected chi connectivity index (χ0v) is 11.0. The molecule has 0 saturated carbocycles. The van der Waals surface area contributed by atoms with Crippen molar-refractivity contribution >= 4 is 11.8 Å². The number of halogens is 2. The molecule has 0 amide bonds. The molecule has 0 aliphatic heterocycles. The highest BCUT2D eigenvalue weighted by atomic mass is 19.1. The summed E-state index contributed by atoms with van der Waals surface area (Å²) >= 11 is 0. The van der Waals surface area contributed by atoms with E-state index >= 15 is 0 Å². The van der Waals surface area contributed by atoms with Gasteiger partial charge < -0.3 is 4.74 Å². The molecule has 2 aromatic rings. The van der Waals surface area contributed by atoms with E-state index in [-0.39, 0.29) is 17.9 Å². The number of rotatable bonds is 4. The summed E-state index contributed by atoms with van der Waals surface area (Å²) in [6.45, 7) is 1.69. The number of ketones is 1. The molecule has 0 radical (unpaired) electrons. The molecule has 108 valence electrons. The van der Waals surface area contributed by atoms with Crippen molar-refractivity contribution in [2.45, 2.75) is 6.92 Å². The molecule has 0 aliphatic rings. The second-order valence-corrected chi connectivity index (χ2v) is 3.96. The number of esters is 1. The SMILES string of the molecule is CCOC(=O)c1cncnc1C(=O)c1cc(F)ccc1F. The molecule has 1 aromatic carbocycles. The Morgan fingerprint density at radius 3 is 2.71 bits per heavy atom. The first-order valence-electron chi connectivity index (χ1n) is 6.01. The van der Waals surface area contributed by atoms with E-state index in [0.29, 0.717) is 0 Å². The monoisotopic (exact) mass is 292 g/mol. The van der Waals surface area contributed by atoms with E-state index < -0.39 is 29.0 Å². The number of aromatic nitrogens is 2. The van der Waals surface area contributed by atoms with Crippen LogP contribution < -0.4 is 0 Å². The number of ether oxygens (including phenoxy) is 1. The van der Waals surface area contributed by atoms with Crippen LogP contribution in [0.1, 0.15) is 33.3 Å². The van der Waals surface area contributed by atoms with Crippen LogP contribution in [0.25, 0.3) is 0 Å². The number of hydrogen-bond acceptors (Lipinski definition) is 5. The summed E-state index contributed by atoms with van der Waals surface area (Å²) in [6.07, 6.45) is 2.13. The molecule has 5 nitrogen and oxygen atoms in total. The molecule has 7 heteroatoms. The lowest BCUT2D eigenvalue weighted by Crippen LogP contribution is -2.16. The second-order valence-electron chi connectivity index (χ2n) is 3.96. The lowest BCUT2D eigenvalue weighted by molar-refractivity contribution is 0.0522. The van der Waals surface area contributed by atoms with E-state index in [1.54, 1.807) is 6.92 Å². The van der Waals surface area contributed by atoms with Crippen molar-refractivity contribution < 1.29 is 23.1 Å². The number of nitrogens with zero attached hydrogens (tertiary/aromatic N) is 2. The maximum Gasteiger partial charge on any atom is 0.342 e. The third kappa shape index (κ3) is 3.07. The molecule has 0 N–H and O–H groups in total. The standard InChI is InChI=1S/C14H10F2N2O3/c1-2-21-14(20)10-6-17-7-18-12(10)13(19)9-5-8(15)3-4-11(9)16/h3-7H,2H2,1H3. The van der Waals surface area contributed by atoms with Gasteiger partial charge in [-0.15, -0.1) is 0 Å². The first-order chi connectivity index (χ1) is 10.0. The Balaban J connectivity index is 2.49. The van der Waals surface area contributed by atoms with Crippen LogP contribution in [0.3, 0.4) is 0 Å². The molecule has 1 heterocycles. The van der Waals surface area contributed by atoms with Crippen molar-refractivity contribution in [2.75, 3.05) is 6.61 Å². The third-order valence-electron chi connectivity index (χ3n) is 2.60. The zero-order chi connectivity index (χ0) is 15.4. The summed E-state index contributed by atoms with van der Waals surface area (Å²) < 4.78 is 31.6. The predicted octanol–water partition coefficient (Wildman–Crippen LogP) is 2.16. The van der Waals surface area contributed by atoms with E-state index in [9.17, 15) is 18.4 Å². The van der Waals surface area contributed by atoms with Gasteiger partial charge in [0, 0.05) is 6.20 Å². The summed E-state index contributed by atoms with van der Waals surface area (Å²) in [5.74, 6) is -3.41. The minimum absolute atomic E-state index is 0.0929. The lowest BCUT2D eigenvalue weighted by atomic mass is 10.0. The molecule has 0 atom stereocenters. The molecule has 2 rings (SSSR count). The number of benzene rings is 1. The molecule has 0 aliphatic carbocycles. The first kappa shape index (κ1) is 14.7. The van der Waals surface area contributed by atoms with Crippen molar-refractivity contribution in [3.8, 4) is 0 Å². The van der Waals surface area contributed by atoms with Gasteiger partial charge in [0.05, 0.1) is 12.2 Å². The average molecular weight is 292 g/mol. The van der Waals surface area contributed by atoms with Crippen LogP contribution in [0.2, 0.25) is 0 Å². The highest BCUT2D eigenvalue weighted by molar-refractivity contribution is 6.13. The van der Waals surface area contributed by atoms with Crippen LogP contribution in [0.4, 0.5) is 8.78 Å². The molecule has 0 saturated heterocycles. The van der Waals surface area contributed by atoms with Gasteiger partial charge in [-0.1, -0.05) is 0 Å². The summed E-state index contributed by atoms with van der Waals surface area (Å²) in [7, 11) is 0. The van der Waals surface area contributed by atoms with Gasteiger partial charge in [-0.05, 0) is 25.1 Å². The van der Waals surface area contributed by atoms with Gasteiger partial charge in [0.2, 0.25) is 5.78 Å². The average Bonchev–Trinajstić information content (AvgIpc) is 2.49. The summed E-state index contributed by atoms with van der Waals surface area (Å²) in [5, 5.41) is 0. The molecular weight excluding hydrogens is 282 g/mol. The summed E-state index contributed by atoms with van der Waals surface area (Å²) in [4.78, 5) is 31.3. The minimum atomic E-state index is -0.919. The van der Waals surface area contributed by atoms with Crippen LogP contribution in [-0.2, 0) is 4.74 Å².